The van der Waals surface area contributed by atoms with Crippen LogP contribution in [0.5, 0.6) is 5.75 Å². The van der Waals surface area contributed by atoms with Gasteiger partial charge < -0.3 is 4.74 Å². The van der Waals surface area contributed by atoms with Crippen LogP contribution in [0.4, 0.5) is 0 Å². The molecule has 0 aliphatic carbocycles. The van der Waals surface area contributed by atoms with Crippen LogP contribution >= 0.6 is 0 Å². The Kier molecular flexibility index (Phi) is 4.68. The number of nitro groups is 1. The number of carbonyl (C=O) groups excluding carboxylic acids is 1. The number of aryl methyl sites for hydroxylation is 1. The first kappa shape index (κ1) is 15.4. The molecular weight excluding hydrogens is 282 g/mol. The summed E-state index contributed by atoms with van der Waals surface area (Å²) in [6.07, 6.45) is 1.37. The van der Waals surface area contributed by atoms with Crippen LogP contribution < -0.4 is 4.74 Å². The summed E-state index contributed by atoms with van der Waals surface area (Å²) in [5.74, 6) is -0.214. The fourth-order valence-corrected chi connectivity index (χ4v) is 1.82. The summed E-state index contributed by atoms with van der Waals surface area (Å²) in [5, 5.41) is 10.7. The molecule has 5 nitrogen and oxygen atoms in total. The van der Waals surface area contributed by atoms with E-state index in [-0.39, 0.29) is 11.4 Å². The minimum Gasteiger partial charge on any atom is -0.422 e. The van der Waals surface area contributed by atoms with Gasteiger partial charge in [-0.15, -0.1) is 0 Å². The van der Waals surface area contributed by atoms with E-state index in [1.165, 1.54) is 13.0 Å². The standard InChI is InChI=1S/C17H15NO4/c1-12-7-9-14(10-8-12)17(19)22-16-6-4-3-5-15(16)11-13(2)18(20)21/h3-11H,1-2H3/b13-11+. The first-order chi connectivity index (χ1) is 10.5. The number of hydrogen-bond donors (Lipinski definition) is 0. The van der Waals surface area contributed by atoms with Crippen molar-refractivity contribution in [1.29, 1.82) is 0 Å². The number of carbonyl (C=O) groups is 1. The van der Waals surface area contributed by atoms with Gasteiger partial charge in [0.1, 0.15) is 5.75 Å². The Morgan fingerprint density at radius 3 is 2.41 bits per heavy atom. The predicted molar refractivity (Wildman–Crippen MR) is 83.2 cm³/mol. The molecule has 0 amide bonds. The Hall–Kier alpha value is -2.95. The van der Waals surface area contributed by atoms with E-state index >= 15 is 0 Å². The molecule has 0 aliphatic heterocycles. The van der Waals surface area contributed by atoms with Crippen molar-refractivity contribution in [3.05, 3.63) is 81.0 Å². The van der Waals surface area contributed by atoms with Crippen LogP contribution in [0.1, 0.15) is 28.4 Å². The fourth-order valence-electron chi connectivity index (χ4n) is 1.82. The van der Waals surface area contributed by atoms with E-state index in [0.717, 1.165) is 5.56 Å². The maximum absolute atomic E-state index is 12.1. The molecule has 0 fully saturated rings. The van der Waals surface area contributed by atoms with Crippen LogP contribution in [-0.4, -0.2) is 10.9 Å². The lowest BCUT2D eigenvalue weighted by atomic mass is 10.1. The molecular formula is C17H15NO4. The summed E-state index contributed by atoms with van der Waals surface area (Å²) in [6.45, 7) is 3.31. The second kappa shape index (κ2) is 6.67. The van der Waals surface area contributed by atoms with Gasteiger partial charge in [0.2, 0.25) is 5.70 Å². The Morgan fingerprint density at radius 1 is 1.14 bits per heavy atom. The van der Waals surface area contributed by atoms with Crippen molar-refractivity contribution in [2.24, 2.45) is 0 Å². The molecule has 0 bridgehead atoms. The number of benzene rings is 2. The van der Waals surface area contributed by atoms with Crippen LogP contribution in [0.25, 0.3) is 6.08 Å². The molecule has 112 valence electrons. The number of para-hydroxylation sites is 1. The highest BCUT2D eigenvalue weighted by Crippen LogP contribution is 2.22. The number of esters is 1. The van der Waals surface area contributed by atoms with Gasteiger partial charge >= 0.3 is 5.97 Å². The van der Waals surface area contributed by atoms with E-state index in [1.807, 2.05) is 19.1 Å². The molecule has 0 aliphatic rings. The third-order valence-corrected chi connectivity index (χ3v) is 3.06. The van der Waals surface area contributed by atoms with Crippen LogP contribution in [0.2, 0.25) is 0 Å². The molecule has 0 unspecified atom stereocenters. The SMILES string of the molecule is C/C(=C\c1ccccc1OC(=O)c1ccc(C)cc1)[N+](=O)[O-]. The van der Waals surface area contributed by atoms with Crippen LogP contribution in [0.3, 0.4) is 0 Å². The van der Waals surface area contributed by atoms with E-state index in [9.17, 15) is 14.9 Å². The molecule has 22 heavy (non-hydrogen) atoms. The van der Waals surface area contributed by atoms with E-state index in [4.69, 9.17) is 4.74 Å². The topological polar surface area (TPSA) is 69.4 Å². The molecule has 0 heterocycles. The van der Waals surface area contributed by atoms with Gasteiger partial charge in [-0.25, -0.2) is 4.79 Å². The highest BCUT2D eigenvalue weighted by atomic mass is 16.6. The quantitative estimate of drug-likeness (QED) is 0.372. The number of allylic oxidation sites excluding steroid dienone is 1. The predicted octanol–water partition coefficient (Wildman–Crippen LogP) is 3.85. The van der Waals surface area contributed by atoms with Gasteiger partial charge in [-0.3, -0.25) is 10.1 Å². The van der Waals surface area contributed by atoms with Gasteiger partial charge in [-0.2, -0.15) is 0 Å². The minimum absolute atomic E-state index is 0.0289. The first-order valence-corrected chi connectivity index (χ1v) is 6.68. The largest absolute Gasteiger partial charge is 0.422 e. The zero-order valence-electron chi connectivity index (χ0n) is 12.3. The maximum Gasteiger partial charge on any atom is 0.343 e. The summed E-state index contributed by atoms with van der Waals surface area (Å²) in [4.78, 5) is 22.4. The summed E-state index contributed by atoms with van der Waals surface area (Å²) < 4.78 is 5.35. The summed E-state index contributed by atoms with van der Waals surface area (Å²) in [7, 11) is 0. The lowest BCUT2D eigenvalue weighted by Gasteiger charge is -2.07. The lowest BCUT2D eigenvalue weighted by Crippen LogP contribution is -2.09. The fraction of sp³-hybridized carbons (Fsp3) is 0.118. The second-order valence-electron chi connectivity index (χ2n) is 4.84. The second-order valence-corrected chi connectivity index (χ2v) is 4.84. The Balaban J connectivity index is 2.26. The van der Waals surface area contributed by atoms with Crippen molar-refractivity contribution in [2.75, 3.05) is 0 Å². The number of rotatable bonds is 4. The van der Waals surface area contributed by atoms with E-state index in [1.54, 1.807) is 36.4 Å². The highest BCUT2D eigenvalue weighted by molar-refractivity contribution is 5.91. The monoisotopic (exact) mass is 297 g/mol. The maximum atomic E-state index is 12.1. The Morgan fingerprint density at radius 2 is 1.77 bits per heavy atom. The molecule has 0 saturated heterocycles. The molecule has 5 heteroatoms. The third-order valence-electron chi connectivity index (χ3n) is 3.06. The zero-order chi connectivity index (χ0) is 16.1. The number of ether oxygens (including phenoxy) is 1. The summed E-state index contributed by atoms with van der Waals surface area (Å²) in [5.41, 5.74) is 1.92. The van der Waals surface area contributed by atoms with Crippen molar-refractivity contribution in [1.82, 2.24) is 0 Å². The molecule has 0 spiro atoms. The van der Waals surface area contributed by atoms with Crippen molar-refractivity contribution in [3.63, 3.8) is 0 Å². The van der Waals surface area contributed by atoms with Gasteiger partial charge in [0, 0.05) is 18.6 Å². The van der Waals surface area contributed by atoms with Gasteiger partial charge in [0.25, 0.3) is 0 Å². The summed E-state index contributed by atoms with van der Waals surface area (Å²) >= 11 is 0. The number of hydrogen-bond acceptors (Lipinski definition) is 4. The van der Waals surface area contributed by atoms with Gasteiger partial charge in [-0.05, 0) is 25.1 Å². The third kappa shape index (κ3) is 3.79. The van der Waals surface area contributed by atoms with Crippen molar-refractivity contribution >= 4 is 12.0 Å². The van der Waals surface area contributed by atoms with Crippen molar-refractivity contribution in [3.8, 4) is 5.75 Å². The van der Waals surface area contributed by atoms with Gasteiger partial charge in [0.05, 0.1) is 10.5 Å². The van der Waals surface area contributed by atoms with Crippen LogP contribution in [0.15, 0.2) is 54.2 Å². The molecule has 0 saturated carbocycles. The normalized spacial score (nSPS) is 11.1. The average molecular weight is 297 g/mol. The first-order valence-electron chi connectivity index (χ1n) is 6.68. The van der Waals surface area contributed by atoms with Crippen LogP contribution in [0, 0.1) is 17.0 Å². The lowest BCUT2D eigenvalue weighted by molar-refractivity contribution is -0.422. The Bertz CT molecular complexity index is 733. The van der Waals surface area contributed by atoms with Crippen molar-refractivity contribution in [2.45, 2.75) is 13.8 Å². The average Bonchev–Trinajstić information content (AvgIpc) is 2.49. The number of nitrogens with zero attached hydrogens (tertiary/aromatic N) is 1. The van der Waals surface area contributed by atoms with Gasteiger partial charge in [-0.1, -0.05) is 35.9 Å². The zero-order valence-corrected chi connectivity index (χ0v) is 12.3. The molecule has 0 radical (unpaired) electrons. The molecule has 2 aromatic rings. The summed E-state index contributed by atoms with van der Waals surface area (Å²) in [6, 6.07) is 13.7. The highest BCUT2D eigenvalue weighted by Gasteiger charge is 2.12. The van der Waals surface area contributed by atoms with Crippen molar-refractivity contribution < 1.29 is 14.5 Å². The van der Waals surface area contributed by atoms with E-state index < -0.39 is 10.9 Å². The smallest absolute Gasteiger partial charge is 0.343 e. The molecule has 0 N–H and O–H groups in total. The van der Waals surface area contributed by atoms with E-state index in [0.29, 0.717) is 11.1 Å². The Labute approximate surface area is 128 Å². The molecule has 0 aromatic heterocycles. The molecule has 2 rings (SSSR count). The minimum atomic E-state index is -0.500. The molecule has 0 atom stereocenters. The van der Waals surface area contributed by atoms with E-state index in [2.05, 4.69) is 0 Å². The molecule has 2 aromatic carbocycles. The van der Waals surface area contributed by atoms with Crippen LogP contribution in [-0.2, 0) is 0 Å². The van der Waals surface area contributed by atoms with Gasteiger partial charge in [0.15, 0.2) is 0 Å².